The van der Waals surface area contributed by atoms with E-state index in [0.717, 1.165) is 16.8 Å². The van der Waals surface area contributed by atoms with Crippen molar-refractivity contribution in [2.24, 2.45) is 17.3 Å². The Balaban J connectivity index is 2.04. The molecule has 0 unspecified atom stereocenters. The van der Waals surface area contributed by atoms with Crippen LogP contribution in [0.2, 0.25) is 0 Å². The molecule has 1 N–H and O–H groups in total. The Kier molecular flexibility index (Phi) is 3.33. The van der Waals surface area contributed by atoms with Crippen molar-refractivity contribution in [3.63, 3.8) is 0 Å². The Morgan fingerprint density at radius 1 is 1.30 bits per heavy atom. The first-order chi connectivity index (χ1) is 9.66. The fraction of sp³-hybridized carbons (Fsp3) is 0.0714. The van der Waals surface area contributed by atoms with Crippen LogP contribution in [0.15, 0.2) is 46.1 Å². The van der Waals surface area contributed by atoms with E-state index < -0.39 is 0 Å². The van der Waals surface area contributed by atoms with Gasteiger partial charge in [0.05, 0.1) is 11.1 Å². The average Bonchev–Trinajstić information content (AvgIpc) is 3.02. The van der Waals surface area contributed by atoms with Crippen molar-refractivity contribution >= 4 is 41.6 Å². The summed E-state index contributed by atoms with van der Waals surface area (Å²) >= 11 is 6.51. The topological polar surface area (TPSA) is 49.9 Å². The zero-order chi connectivity index (χ0) is 14.1. The van der Waals surface area contributed by atoms with Gasteiger partial charge in [-0.2, -0.15) is 5.10 Å². The van der Waals surface area contributed by atoms with E-state index in [-0.39, 0.29) is 5.88 Å². The molecular weight excluding hydrogens is 290 g/mol. The largest absolute Gasteiger partial charge is 0.493 e. The Morgan fingerprint density at radius 2 is 2.05 bits per heavy atom. The smallest absolute Gasteiger partial charge is 0.210 e. The minimum Gasteiger partial charge on any atom is -0.493 e. The third kappa shape index (κ3) is 2.23. The highest BCUT2D eigenvalue weighted by Crippen LogP contribution is 2.28. The minimum atomic E-state index is 0.167. The second-order valence-electron chi connectivity index (χ2n) is 4.27. The van der Waals surface area contributed by atoms with Gasteiger partial charge in [0.15, 0.2) is 3.95 Å². The summed E-state index contributed by atoms with van der Waals surface area (Å²) in [7, 11) is 1.74. The van der Waals surface area contributed by atoms with Gasteiger partial charge in [-0.25, -0.2) is 0 Å². The molecule has 0 fully saturated rings. The molecule has 1 aliphatic rings. The lowest BCUT2D eigenvalue weighted by Crippen LogP contribution is -2.01. The number of allylic oxidation sites excluding steroid dienone is 1. The number of rotatable bonds is 2. The molecule has 1 aromatic carbocycles. The Morgan fingerprint density at radius 3 is 2.70 bits per heavy atom. The molecular formula is C14H11N3OS2. The van der Waals surface area contributed by atoms with Crippen LogP contribution in [-0.2, 0) is 7.05 Å². The molecule has 2 aromatic rings. The van der Waals surface area contributed by atoms with Gasteiger partial charge in [0.2, 0.25) is 5.88 Å². The first-order valence-electron chi connectivity index (χ1n) is 5.94. The number of benzene rings is 1. The molecule has 3 rings (SSSR count). The lowest BCUT2D eigenvalue weighted by atomic mass is 10.0. The summed E-state index contributed by atoms with van der Waals surface area (Å²) in [5, 5.41) is 18.1. The number of nitrogens with zero attached hydrogens (tertiary/aromatic N) is 3. The van der Waals surface area contributed by atoms with E-state index in [0.29, 0.717) is 8.83 Å². The maximum Gasteiger partial charge on any atom is 0.210 e. The molecule has 0 amide bonds. The minimum absolute atomic E-state index is 0.167. The van der Waals surface area contributed by atoms with Gasteiger partial charge in [-0.1, -0.05) is 30.3 Å². The second kappa shape index (κ2) is 5.15. The van der Waals surface area contributed by atoms with Crippen molar-refractivity contribution in [2.75, 3.05) is 0 Å². The van der Waals surface area contributed by atoms with Gasteiger partial charge >= 0.3 is 0 Å². The predicted molar refractivity (Wildman–Crippen MR) is 85.2 cm³/mol. The summed E-state index contributed by atoms with van der Waals surface area (Å²) in [6.07, 6.45) is 3.54. The fourth-order valence-corrected chi connectivity index (χ4v) is 3.07. The number of hydrogen-bond acceptors (Lipinski definition) is 5. The highest BCUT2D eigenvalue weighted by Gasteiger charge is 2.15. The zero-order valence-electron chi connectivity index (χ0n) is 10.6. The van der Waals surface area contributed by atoms with E-state index >= 15 is 0 Å². The summed E-state index contributed by atoms with van der Waals surface area (Å²) in [5.41, 5.74) is 2.66. The average molecular weight is 301 g/mol. The van der Waals surface area contributed by atoms with Crippen molar-refractivity contribution in [1.29, 1.82) is 0 Å². The summed E-state index contributed by atoms with van der Waals surface area (Å²) in [5.74, 6) is 0.167. The van der Waals surface area contributed by atoms with Crippen LogP contribution >= 0.6 is 23.6 Å². The Hall–Kier alpha value is -2.05. The third-order valence-electron chi connectivity index (χ3n) is 2.97. The standard InChI is InChI=1S/C14H11N3OS2/c1-17-13(18)11(20-14(17)19)7-10-8-15-16-12(10)9-5-3-2-4-6-9/h2-8,18H,1H3/b10-7+. The maximum atomic E-state index is 10.0. The van der Waals surface area contributed by atoms with Gasteiger partial charge < -0.3 is 5.11 Å². The summed E-state index contributed by atoms with van der Waals surface area (Å²) in [6.45, 7) is 0. The molecule has 0 saturated heterocycles. The van der Waals surface area contributed by atoms with E-state index in [9.17, 15) is 5.11 Å². The van der Waals surface area contributed by atoms with Crippen molar-refractivity contribution in [1.82, 2.24) is 4.57 Å². The monoisotopic (exact) mass is 301 g/mol. The number of thiazole rings is 1. The van der Waals surface area contributed by atoms with Crippen molar-refractivity contribution in [2.45, 2.75) is 0 Å². The van der Waals surface area contributed by atoms with E-state index in [1.54, 1.807) is 17.8 Å². The molecule has 1 aromatic heterocycles. The molecule has 6 heteroatoms. The number of aromatic nitrogens is 1. The third-order valence-corrected chi connectivity index (χ3v) is 4.46. The van der Waals surface area contributed by atoms with Crippen molar-refractivity contribution in [3.8, 4) is 5.88 Å². The van der Waals surface area contributed by atoms with Crippen LogP contribution in [0.1, 0.15) is 10.4 Å². The van der Waals surface area contributed by atoms with E-state index in [1.165, 1.54) is 11.3 Å². The number of hydrogen-bond donors (Lipinski definition) is 1. The van der Waals surface area contributed by atoms with Crippen LogP contribution in [0.25, 0.3) is 6.08 Å². The SMILES string of the molecule is Cn1c(O)c(/C=C2\C=NN=C2c2ccccc2)sc1=S. The summed E-state index contributed by atoms with van der Waals surface area (Å²) in [6, 6.07) is 9.83. The van der Waals surface area contributed by atoms with Crippen LogP contribution in [0.5, 0.6) is 5.88 Å². The molecule has 0 saturated carbocycles. The van der Waals surface area contributed by atoms with E-state index in [1.807, 2.05) is 36.4 Å². The molecule has 0 radical (unpaired) electrons. The van der Waals surface area contributed by atoms with E-state index in [2.05, 4.69) is 10.2 Å². The molecule has 1 aliphatic heterocycles. The molecule has 20 heavy (non-hydrogen) atoms. The van der Waals surface area contributed by atoms with Gasteiger partial charge in [-0.3, -0.25) is 4.57 Å². The molecule has 2 heterocycles. The molecule has 0 atom stereocenters. The predicted octanol–water partition coefficient (Wildman–Crippen LogP) is 3.39. The van der Waals surface area contributed by atoms with Gasteiger partial charge in [0.1, 0.15) is 5.71 Å². The van der Waals surface area contributed by atoms with Crippen LogP contribution in [0.4, 0.5) is 0 Å². The first-order valence-corrected chi connectivity index (χ1v) is 7.16. The normalized spacial score (nSPS) is 15.8. The summed E-state index contributed by atoms with van der Waals surface area (Å²) in [4.78, 5) is 0.712. The highest BCUT2D eigenvalue weighted by atomic mass is 32.1. The van der Waals surface area contributed by atoms with Crippen LogP contribution < -0.4 is 0 Å². The Labute approximate surface area is 125 Å². The first kappa shape index (κ1) is 13.0. The van der Waals surface area contributed by atoms with Crippen LogP contribution in [-0.4, -0.2) is 21.6 Å². The number of aromatic hydroxyl groups is 1. The fourth-order valence-electron chi connectivity index (χ4n) is 1.89. The van der Waals surface area contributed by atoms with E-state index in [4.69, 9.17) is 12.2 Å². The molecule has 4 nitrogen and oxygen atoms in total. The van der Waals surface area contributed by atoms with Crippen LogP contribution in [0.3, 0.4) is 0 Å². The highest BCUT2D eigenvalue weighted by molar-refractivity contribution is 7.73. The zero-order valence-corrected chi connectivity index (χ0v) is 12.3. The van der Waals surface area contributed by atoms with Gasteiger partial charge in [-0.05, 0) is 18.3 Å². The van der Waals surface area contributed by atoms with Crippen molar-refractivity contribution in [3.05, 3.63) is 50.3 Å². The Bertz CT molecular complexity index is 798. The quantitative estimate of drug-likeness (QED) is 0.864. The lowest BCUT2D eigenvalue weighted by Gasteiger charge is -2.01. The summed E-state index contributed by atoms with van der Waals surface area (Å²) < 4.78 is 2.21. The van der Waals surface area contributed by atoms with Crippen molar-refractivity contribution < 1.29 is 5.11 Å². The van der Waals surface area contributed by atoms with Crippen LogP contribution in [0, 0.1) is 3.95 Å². The van der Waals surface area contributed by atoms with Gasteiger partial charge in [0.25, 0.3) is 0 Å². The molecule has 0 spiro atoms. The van der Waals surface area contributed by atoms with Gasteiger partial charge in [-0.15, -0.1) is 16.4 Å². The second-order valence-corrected chi connectivity index (χ2v) is 5.95. The molecule has 100 valence electrons. The lowest BCUT2D eigenvalue weighted by molar-refractivity contribution is 0.430. The molecule has 0 bridgehead atoms. The van der Waals surface area contributed by atoms with Gasteiger partial charge in [0, 0.05) is 18.2 Å². The molecule has 0 aliphatic carbocycles. The maximum absolute atomic E-state index is 10.0.